The fourth-order valence-electron chi connectivity index (χ4n) is 4.84. The third kappa shape index (κ3) is 3.22. The molecule has 1 saturated heterocycles. The average molecular weight is 419 g/mol. The summed E-state index contributed by atoms with van der Waals surface area (Å²) in [6, 6.07) is 10.0. The van der Waals surface area contributed by atoms with Crippen LogP contribution in [0.15, 0.2) is 42.9 Å². The van der Waals surface area contributed by atoms with E-state index < -0.39 is 0 Å². The van der Waals surface area contributed by atoms with Gasteiger partial charge in [-0.15, -0.1) is 0 Å². The number of amides is 2. The number of carbonyl (C=O) groups is 2. The fraction of sp³-hybridized carbons (Fsp3) is 0.391. The van der Waals surface area contributed by atoms with Gasteiger partial charge in [-0.3, -0.25) is 9.59 Å². The van der Waals surface area contributed by atoms with Crippen molar-refractivity contribution < 1.29 is 9.59 Å². The minimum absolute atomic E-state index is 0.0337. The molecule has 4 heterocycles. The Hall–Kier alpha value is -3.42. The van der Waals surface area contributed by atoms with E-state index in [0.717, 1.165) is 29.9 Å². The van der Waals surface area contributed by atoms with E-state index in [1.165, 1.54) is 0 Å². The third-order valence-corrected chi connectivity index (χ3v) is 6.31. The van der Waals surface area contributed by atoms with Gasteiger partial charge in [0.1, 0.15) is 17.2 Å². The molecule has 31 heavy (non-hydrogen) atoms. The van der Waals surface area contributed by atoms with Crippen molar-refractivity contribution in [2.45, 2.75) is 37.9 Å². The summed E-state index contributed by atoms with van der Waals surface area (Å²) in [4.78, 5) is 39.0. The van der Waals surface area contributed by atoms with Crippen molar-refractivity contribution in [1.82, 2.24) is 28.9 Å². The quantitative estimate of drug-likeness (QED) is 0.654. The van der Waals surface area contributed by atoms with Gasteiger partial charge in [-0.2, -0.15) is 0 Å². The molecule has 2 aromatic heterocycles. The Balaban J connectivity index is 1.59. The van der Waals surface area contributed by atoms with Crippen molar-refractivity contribution in [2.24, 2.45) is 7.05 Å². The molecular weight excluding hydrogens is 392 g/mol. The number of fused-ring (bicyclic) bond motifs is 3. The van der Waals surface area contributed by atoms with Gasteiger partial charge < -0.3 is 18.9 Å². The zero-order valence-corrected chi connectivity index (χ0v) is 18.0. The Morgan fingerprint density at radius 1 is 1.10 bits per heavy atom. The molecule has 1 aromatic carbocycles. The second-order valence-electron chi connectivity index (χ2n) is 8.63. The Labute approximate surface area is 181 Å². The number of benzene rings is 1. The normalized spacial score (nSPS) is 19.8. The summed E-state index contributed by atoms with van der Waals surface area (Å²) in [5.74, 6) is 0.651. The molecule has 0 radical (unpaired) electrons. The van der Waals surface area contributed by atoms with Gasteiger partial charge in [0.2, 0.25) is 0 Å². The molecule has 2 aliphatic rings. The van der Waals surface area contributed by atoms with E-state index in [0.29, 0.717) is 24.4 Å². The highest BCUT2D eigenvalue weighted by Crippen LogP contribution is 2.36. The molecule has 0 N–H and O–H groups in total. The molecule has 1 fully saturated rings. The maximum absolute atomic E-state index is 13.3. The number of hydrogen-bond acceptors (Lipinski definition) is 4. The number of aryl methyl sites for hydroxylation is 1. The number of imidazole rings is 2. The van der Waals surface area contributed by atoms with Gasteiger partial charge in [0.25, 0.3) is 11.8 Å². The van der Waals surface area contributed by atoms with Crippen molar-refractivity contribution in [1.29, 1.82) is 0 Å². The summed E-state index contributed by atoms with van der Waals surface area (Å²) < 4.78 is 3.95. The van der Waals surface area contributed by atoms with Crippen molar-refractivity contribution in [2.75, 3.05) is 14.1 Å². The molecule has 2 bridgehead atoms. The van der Waals surface area contributed by atoms with Crippen LogP contribution in [0.25, 0.3) is 11.4 Å². The van der Waals surface area contributed by atoms with Crippen molar-refractivity contribution in [3.8, 4) is 11.4 Å². The summed E-state index contributed by atoms with van der Waals surface area (Å²) in [7, 11) is 5.36. The molecule has 3 aromatic rings. The molecule has 2 atom stereocenters. The van der Waals surface area contributed by atoms with Crippen molar-refractivity contribution in [3.63, 3.8) is 0 Å². The Morgan fingerprint density at radius 2 is 1.84 bits per heavy atom. The summed E-state index contributed by atoms with van der Waals surface area (Å²) in [5.41, 5.74) is 2.85. The zero-order valence-electron chi connectivity index (χ0n) is 18.0. The summed E-state index contributed by atoms with van der Waals surface area (Å²) in [6.45, 7) is 0.627. The van der Waals surface area contributed by atoms with Crippen LogP contribution in [-0.4, -0.2) is 66.9 Å². The van der Waals surface area contributed by atoms with Crippen LogP contribution < -0.4 is 0 Å². The molecule has 0 aliphatic carbocycles. The molecule has 2 amide bonds. The lowest BCUT2D eigenvalue weighted by molar-refractivity contribution is 0.0660. The second-order valence-corrected chi connectivity index (χ2v) is 8.63. The molecule has 0 spiro atoms. The molecule has 2 aliphatic heterocycles. The van der Waals surface area contributed by atoms with Crippen LogP contribution in [0.4, 0.5) is 0 Å². The van der Waals surface area contributed by atoms with Crippen molar-refractivity contribution >= 4 is 11.8 Å². The number of aromatic nitrogens is 4. The summed E-state index contributed by atoms with van der Waals surface area (Å²) in [5, 5.41) is 0. The van der Waals surface area contributed by atoms with E-state index in [-0.39, 0.29) is 23.9 Å². The number of rotatable bonds is 3. The topological polar surface area (TPSA) is 76.3 Å². The number of hydrogen-bond donors (Lipinski definition) is 0. The van der Waals surface area contributed by atoms with Crippen LogP contribution >= 0.6 is 0 Å². The Morgan fingerprint density at radius 3 is 2.52 bits per heavy atom. The Kier molecular flexibility index (Phi) is 4.64. The van der Waals surface area contributed by atoms with Gasteiger partial charge in [-0.05, 0) is 12.8 Å². The molecule has 0 saturated carbocycles. The van der Waals surface area contributed by atoms with Gasteiger partial charge in [-0.1, -0.05) is 30.3 Å². The van der Waals surface area contributed by atoms with E-state index in [2.05, 4.69) is 9.55 Å². The first kappa shape index (κ1) is 19.5. The molecule has 160 valence electrons. The molecule has 0 unspecified atom stereocenters. The highest BCUT2D eigenvalue weighted by molar-refractivity contribution is 5.95. The standard InChI is InChI=1S/C23H26N6O2/c1-26(2)23(31)20-19-11-16-9-10-17(29(16)22(30)18-13-27(3)14-24-18)12-28(19)21(25-20)15-7-5-4-6-8-15/h4-8,13-14,16-17H,9-12H2,1-3H3/t16-,17+/m0/s1. The van der Waals surface area contributed by atoms with Gasteiger partial charge in [0.05, 0.1) is 18.1 Å². The molecule has 5 rings (SSSR count). The van der Waals surface area contributed by atoms with E-state index in [9.17, 15) is 9.59 Å². The highest BCUT2D eigenvalue weighted by Gasteiger charge is 2.43. The largest absolute Gasteiger partial charge is 0.343 e. The smallest absolute Gasteiger partial charge is 0.274 e. The predicted molar refractivity (Wildman–Crippen MR) is 116 cm³/mol. The number of carbonyl (C=O) groups excluding carboxylic acids is 2. The van der Waals surface area contributed by atoms with Crippen molar-refractivity contribution in [3.05, 3.63) is 59.9 Å². The van der Waals surface area contributed by atoms with Gasteiger partial charge in [0.15, 0.2) is 0 Å². The van der Waals surface area contributed by atoms with E-state index in [4.69, 9.17) is 4.98 Å². The first-order chi connectivity index (χ1) is 14.9. The molecule has 8 heteroatoms. The van der Waals surface area contributed by atoms with Crippen LogP contribution in [0, 0.1) is 0 Å². The average Bonchev–Trinajstić information content (AvgIpc) is 3.42. The molecular formula is C23H26N6O2. The first-order valence-electron chi connectivity index (χ1n) is 10.6. The van der Waals surface area contributed by atoms with Crippen LogP contribution in [0.5, 0.6) is 0 Å². The monoisotopic (exact) mass is 418 g/mol. The second kappa shape index (κ2) is 7.37. The van der Waals surface area contributed by atoms with Gasteiger partial charge in [0, 0.05) is 51.9 Å². The van der Waals surface area contributed by atoms with Gasteiger partial charge in [-0.25, -0.2) is 9.97 Å². The maximum atomic E-state index is 13.3. The van der Waals surface area contributed by atoms with Gasteiger partial charge >= 0.3 is 0 Å². The lowest BCUT2D eigenvalue weighted by atomic mass is 10.0. The Bertz CT molecular complexity index is 1150. The van der Waals surface area contributed by atoms with E-state index in [1.807, 2.05) is 42.3 Å². The number of nitrogens with zero attached hydrogens (tertiary/aromatic N) is 6. The zero-order chi connectivity index (χ0) is 21.7. The first-order valence-corrected chi connectivity index (χ1v) is 10.6. The predicted octanol–water partition coefficient (Wildman–Crippen LogP) is 2.21. The van der Waals surface area contributed by atoms with E-state index >= 15 is 0 Å². The SMILES string of the molecule is CN(C)C(=O)c1nc(-c2ccccc2)n2c1C[C@@H]1CC[C@H](C2)N1C(=O)c1cn(C)cn1. The van der Waals surface area contributed by atoms with Crippen LogP contribution in [0.3, 0.4) is 0 Å². The minimum atomic E-state index is -0.105. The fourth-order valence-corrected chi connectivity index (χ4v) is 4.84. The third-order valence-electron chi connectivity index (χ3n) is 6.31. The molecule has 8 nitrogen and oxygen atoms in total. The summed E-state index contributed by atoms with van der Waals surface area (Å²) in [6.07, 6.45) is 5.90. The van der Waals surface area contributed by atoms with Crippen LogP contribution in [0.2, 0.25) is 0 Å². The maximum Gasteiger partial charge on any atom is 0.274 e. The minimum Gasteiger partial charge on any atom is -0.343 e. The lowest BCUT2D eigenvalue weighted by Gasteiger charge is -2.27. The highest BCUT2D eigenvalue weighted by atomic mass is 16.2. The van der Waals surface area contributed by atoms with E-state index in [1.54, 1.807) is 36.1 Å². The lowest BCUT2D eigenvalue weighted by Crippen LogP contribution is -2.42. The van der Waals surface area contributed by atoms with Crippen LogP contribution in [-0.2, 0) is 20.0 Å². The summed E-state index contributed by atoms with van der Waals surface area (Å²) >= 11 is 0. The van der Waals surface area contributed by atoms with Crippen LogP contribution in [0.1, 0.15) is 39.5 Å².